The molecule has 0 spiro atoms. The van der Waals surface area contributed by atoms with Crippen molar-refractivity contribution < 1.29 is 18.7 Å². The van der Waals surface area contributed by atoms with Gasteiger partial charge < -0.3 is 35.6 Å². The molecule has 18 heteroatoms. The number of benzene rings is 2. The van der Waals surface area contributed by atoms with Crippen molar-refractivity contribution in [2.45, 2.75) is 75.9 Å². The molecule has 2 saturated heterocycles. The van der Waals surface area contributed by atoms with Crippen LogP contribution < -0.4 is 26.2 Å². The van der Waals surface area contributed by atoms with Crippen molar-refractivity contribution in [3.8, 4) is 0 Å². The van der Waals surface area contributed by atoms with Crippen molar-refractivity contribution in [1.82, 2.24) is 40.6 Å². The van der Waals surface area contributed by atoms with E-state index in [1.165, 1.54) is 24.1 Å². The van der Waals surface area contributed by atoms with Crippen LogP contribution in [0.2, 0.25) is 0 Å². The molecule has 2 saturated carbocycles. The van der Waals surface area contributed by atoms with Gasteiger partial charge in [-0.15, -0.1) is 0 Å². The molecule has 0 radical (unpaired) electrons. The third-order valence-electron chi connectivity index (χ3n) is 11.4. The molecule has 0 atom stereocenters. The molecule has 0 amide bonds. The fraction of sp³-hybridized carbons (Fsp3) is 0.512. The number of hydrogen-bond donors (Lipinski definition) is 3. The van der Waals surface area contributed by atoms with Crippen LogP contribution in [0.3, 0.4) is 0 Å². The highest BCUT2D eigenvalue weighted by molar-refractivity contribution is 9.10. The van der Waals surface area contributed by atoms with Crippen LogP contribution in [0.25, 0.3) is 22.1 Å². The van der Waals surface area contributed by atoms with Gasteiger partial charge in [-0.25, -0.2) is 29.2 Å². The fourth-order valence-electron chi connectivity index (χ4n) is 8.14. The standard InChI is InChI=1S/C21H26N6O2.C10H10BrN3O2.C10H16N4/c1-6-22-21(23-7-1)24-17-4-2-15(3-5-17)12-16-13-18(27-8-10-28-11-9-27)14-19-20(16)26-29-25-19;11-8-5-7(14-1-3-15-4-2-14)6-9-10(8)13-16-12-9;11-8-2-4-9(5-3-8)14-10-12-6-1-7-13-10/h1,6-7,13-15,17H,2-5,8-12H2,(H,22,23,24);5-6H,1-4H2;1,6-9H,2-5,11H2,(H,12,13,14). The lowest BCUT2D eigenvalue weighted by Crippen LogP contribution is -2.36. The van der Waals surface area contributed by atoms with Crippen LogP contribution in [0.4, 0.5) is 23.3 Å². The van der Waals surface area contributed by atoms with Gasteiger partial charge in [-0.2, -0.15) is 0 Å². The van der Waals surface area contributed by atoms with Crippen LogP contribution >= 0.6 is 15.9 Å². The number of aromatic nitrogens is 8. The molecule has 10 rings (SSSR count). The van der Waals surface area contributed by atoms with Gasteiger partial charge in [-0.3, -0.25) is 0 Å². The second-order valence-electron chi connectivity index (χ2n) is 15.5. The molecule has 4 fully saturated rings. The molecule has 312 valence electrons. The van der Waals surface area contributed by atoms with E-state index < -0.39 is 0 Å². The summed E-state index contributed by atoms with van der Waals surface area (Å²) in [4.78, 5) is 21.5. The van der Waals surface area contributed by atoms with Crippen LogP contribution in [0.15, 0.2) is 74.9 Å². The van der Waals surface area contributed by atoms with Gasteiger partial charge in [-0.1, -0.05) is 0 Å². The molecule has 2 aromatic carbocycles. The maximum Gasteiger partial charge on any atom is 0.222 e. The first-order chi connectivity index (χ1) is 29.0. The Morgan fingerprint density at radius 3 is 1.61 bits per heavy atom. The zero-order chi connectivity index (χ0) is 40.2. The fourth-order valence-corrected chi connectivity index (χ4v) is 8.65. The average Bonchev–Trinajstić information content (AvgIpc) is 3.98. The molecule has 59 heavy (non-hydrogen) atoms. The van der Waals surface area contributed by atoms with Gasteiger partial charge in [0.15, 0.2) is 0 Å². The summed E-state index contributed by atoms with van der Waals surface area (Å²) in [6.45, 7) is 6.72. The zero-order valence-corrected chi connectivity index (χ0v) is 34.8. The molecule has 0 unspecified atom stereocenters. The van der Waals surface area contributed by atoms with Gasteiger partial charge in [0.2, 0.25) is 11.9 Å². The molecule has 17 nitrogen and oxygen atoms in total. The number of nitrogens with zero attached hydrogens (tertiary/aromatic N) is 10. The van der Waals surface area contributed by atoms with Crippen molar-refractivity contribution in [3.63, 3.8) is 0 Å². The first-order valence-electron chi connectivity index (χ1n) is 20.7. The molecule has 6 aromatic rings. The molecule has 6 heterocycles. The quantitative estimate of drug-likeness (QED) is 0.159. The second-order valence-corrected chi connectivity index (χ2v) is 16.3. The summed E-state index contributed by atoms with van der Waals surface area (Å²) < 4.78 is 21.5. The van der Waals surface area contributed by atoms with Crippen LogP contribution in [0.1, 0.15) is 56.9 Å². The largest absolute Gasteiger partial charge is 0.378 e. The molecular weight excluding hydrogens is 818 g/mol. The third-order valence-corrected chi connectivity index (χ3v) is 12.0. The van der Waals surface area contributed by atoms with Crippen molar-refractivity contribution in [3.05, 3.63) is 71.2 Å². The van der Waals surface area contributed by atoms with Gasteiger partial charge >= 0.3 is 0 Å². The SMILES string of the molecule is Brc1cc(N2CCOCC2)cc2nonc12.NC1CCC(Nc2ncccn2)CC1.c1cnc(NC2CCC(Cc3cc(N4CCOCC4)cc4nonc34)CC2)nc1. The summed E-state index contributed by atoms with van der Waals surface area (Å²) in [6.07, 6.45) is 17.1. The predicted octanol–water partition coefficient (Wildman–Crippen LogP) is 6.04. The lowest BCUT2D eigenvalue weighted by atomic mass is 9.82. The van der Waals surface area contributed by atoms with E-state index in [0.29, 0.717) is 24.0 Å². The van der Waals surface area contributed by atoms with Crippen LogP contribution in [-0.2, 0) is 15.9 Å². The Hall–Kier alpha value is -5.04. The number of morpholine rings is 2. The van der Waals surface area contributed by atoms with E-state index in [-0.39, 0.29) is 0 Å². The first-order valence-corrected chi connectivity index (χ1v) is 21.5. The minimum atomic E-state index is 0.393. The zero-order valence-electron chi connectivity index (χ0n) is 33.2. The van der Waals surface area contributed by atoms with Crippen molar-refractivity contribution in [1.29, 1.82) is 0 Å². The third kappa shape index (κ3) is 11.2. The summed E-state index contributed by atoms with van der Waals surface area (Å²) in [6, 6.07) is 13.4. The predicted molar refractivity (Wildman–Crippen MR) is 228 cm³/mol. The van der Waals surface area contributed by atoms with E-state index in [1.807, 2.05) is 24.3 Å². The van der Waals surface area contributed by atoms with E-state index in [0.717, 1.165) is 142 Å². The molecule has 2 aliphatic heterocycles. The van der Waals surface area contributed by atoms with Gasteiger partial charge in [0, 0.05) is 80.5 Å². The summed E-state index contributed by atoms with van der Waals surface area (Å²) in [5, 5.41) is 22.8. The Balaban J connectivity index is 0.000000136. The Morgan fingerprint density at radius 2 is 1.07 bits per heavy atom. The number of ether oxygens (including phenoxy) is 2. The Labute approximate surface area is 351 Å². The average molecular weight is 871 g/mol. The van der Waals surface area contributed by atoms with Crippen molar-refractivity contribution in [2.75, 3.05) is 73.0 Å². The number of nitrogens with one attached hydrogen (secondary N) is 2. The van der Waals surface area contributed by atoms with E-state index in [4.69, 9.17) is 24.5 Å². The number of fused-ring (bicyclic) bond motifs is 2. The van der Waals surface area contributed by atoms with Gasteiger partial charge in [0.25, 0.3) is 0 Å². The summed E-state index contributed by atoms with van der Waals surface area (Å²) >= 11 is 3.47. The van der Waals surface area contributed by atoms with Gasteiger partial charge in [0.1, 0.15) is 22.1 Å². The second kappa shape index (κ2) is 20.3. The topological polar surface area (TPSA) is 204 Å². The Morgan fingerprint density at radius 1 is 0.593 bits per heavy atom. The Kier molecular flexibility index (Phi) is 14.0. The van der Waals surface area contributed by atoms with Crippen molar-refractivity contribution >= 4 is 61.3 Å². The van der Waals surface area contributed by atoms with Crippen molar-refractivity contribution in [2.24, 2.45) is 11.7 Å². The number of anilines is 4. The lowest BCUT2D eigenvalue weighted by Gasteiger charge is -2.30. The number of halogens is 1. The van der Waals surface area contributed by atoms with Crippen LogP contribution in [0.5, 0.6) is 0 Å². The monoisotopic (exact) mass is 869 g/mol. The number of nitrogens with two attached hydrogens (primary N) is 1. The van der Waals surface area contributed by atoms with Gasteiger partial charge in [-0.05, 0) is 142 Å². The summed E-state index contributed by atoms with van der Waals surface area (Å²) in [5.74, 6) is 2.10. The summed E-state index contributed by atoms with van der Waals surface area (Å²) in [7, 11) is 0. The smallest absolute Gasteiger partial charge is 0.222 e. The molecular formula is C41H52BrN13O4. The van der Waals surface area contributed by atoms with E-state index >= 15 is 0 Å². The Bertz CT molecular complexity index is 2170. The van der Waals surface area contributed by atoms with E-state index in [9.17, 15) is 0 Å². The highest BCUT2D eigenvalue weighted by Crippen LogP contribution is 2.33. The van der Waals surface area contributed by atoms with Gasteiger partial charge in [0.05, 0.1) is 30.9 Å². The normalized spacial score (nSPS) is 22.2. The minimum Gasteiger partial charge on any atom is -0.378 e. The molecule has 4 aromatic heterocycles. The van der Waals surface area contributed by atoms with E-state index in [1.54, 1.807) is 24.8 Å². The maximum atomic E-state index is 5.83. The van der Waals surface area contributed by atoms with Crippen LogP contribution in [-0.4, -0.2) is 111 Å². The molecule has 4 N–H and O–H groups in total. The van der Waals surface area contributed by atoms with E-state index in [2.05, 4.69) is 89.1 Å². The maximum absolute atomic E-state index is 5.83. The lowest BCUT2D eigenvalue weighted by molar-refractivity contribution is 0.122. The first kappa shape index (κ1) is 40.7. The molecule has 0 bridgehead atoms. The number of rotatable bonds is 8. The summed E-state index contributed by atoms with van der Waals surface area (Å²) in [5.41, 5.74) is 12.7. The molecule has 2 aliphatic carbocycles. The number of hydrogen-bond acceptors (Lipinski definition) is 17. The minimum absolute atomic E-state index is 0.393. The highest BCUT2D eigenvalue weighted by Gasteiger charge is 2.25. The van der Waals surface area contributed by atoms with Crippen LogP contribution in [0, 0.1) is 5.92 Å². The molecule has 4 aliphatic rings. The highest BCUT2D eigenvalue weighted by atomic mass is 79.9.